The highest BCUT2D eigenvalue weighted by Crippen LogP contribution is 2.39. The molecule has 4 aromatic rings. The van der Waals surface area contributed by atoms with Gasteiger partial charge in [-0.2, -0.15) is 5.10 Å². The maximum Gasteiger partial charge on any atom is 0.240 e. The number of pyridine rings is 1. The molecule has 0 radical (unpaired) electrons. The number of carbonyl (C=O) groups excluding carboxylic acids is 1. The van der Waals surface area contributed by atoms with Crippen LogP contribution in [0.5, 0.6) is 0 Å². The summed E-state index contributed by atoms with van der Waals surface area (Å²) in [6.07, 6.45) is 0.656. The van der Waals surface area contributed by atoms with E-state index in [9.17, 15) is 4.79 Å². The molecular formula is C28H25N3O. The lowest BCUT2D eigenvalue weighted by Crippen LogP contribution is -2.24. The van der Waals surface area contributed by atoms with Crippen LogP contribution < -0.4 is 0 Å². The Labute approximate surface area is 188 Å². The third-order valence-corrected chi connectivity index (χ3v) is 6.08. The highest BCUT2D eigenvalue weighted by Gasteiger charge is 2.33. The van der Waals surface area contributed by atoms with Crippen molar-refractivity contribution in [3.63, 3.8) is 0 Å². The van der Waals surface area contributed by atoms with Gasteiger partial charge in [0.1, 0.15) is 0 Å². The predicted molar refractivity (Wildman–Crippen MR) is 130 cm³/mol. The van der Waals surface area contributed by atoms with Gasteiger partial charge < -0.3 is 0 Å². The summed E-state index contributed by atoms with van der Waals surface area (Å²) in [6, 6.07) is 26.8. The summed E-state index contributed by atoms with van der Waals surface area (Å²) in [4.78, 5) is 17.5. The Hall–Kier alpha value is -3.79. The van der Waals surface area contributed by atoms with Gasteiger partial charge >= 0.3 is 0 Å². The molecule has 4 nitrogen and oxygen atoms in total. The molecule has 5 rings (SSSR count). The van der Waals surface area contributed by atoms with Crippen LogP contribution in [0.1, 0.15) is 41.8 Å². The van der Waals surface area contributed by atoms with Gasteiger partial charge in [-0.05, 0) is 31.0 Å². The van der Waals surface area contributed by atoms with Gasteiger partial charge in [-0.3, -0.25) is 9.78 Å². The molecule has 4 heteroatoms. The van der Waals surface area contributed by atoms with Crippen molar-refractivity contribution in [3.8, 4) is 11.1 Å². The summed E-state index contributed by atoms with van der Waals surface area (Å²) in [5.41, 5.74) is 8.35. The Morgan fingerprint density at radius 3 is 2.41 bits per heavy atom. The quantitative estimate of drug-likeness (QED) is 0.396. The highest BCUT2D eigenvalue weighted by atomic mass is 16.2. The predicted octanol–water partition coefficient (Wildman–Crippen LogP) is 6.22. The Morgan fingerprint density at radius 1 is 0.906 bits per heavy atom. The fraction of sp³-hybridized carbons (Fsp3) is 0.179. The molecule has 1 amide bonds. The molecule has 158 valence electrons. The minimum Gasteiger partial charge on any atom is -0.273 e. The molecule has 0 unspecified atom stereocenters. The number of hydrogen-bond acceptors (Lipinski definition) is 3. The molecular weight excluding hydrogens is 394 g/mol. The number of hydrogen-bond donors (Lipinski definition) is 0. The van der Waals surface area contributed by atoms with Crippen LogP contribution in [0.15, 0.2) is 84.0 Å². The van der Waals surface area contributed by atoms with Crippen LogP contribution in [0.3, 0.4) is 0 Å². The van der Waals surface area contributed by atoms with Crippen molar-refractivity contribution in [1.82, 2.24) is 9.99 Å². The Bertz CT molecular complexity index is 1360. The zero-order chi connectivity index (χ0) is 22.2. The van der Waals surface area contributed by atoms with Crippen molar-refractivity contribution < 1.29 is 4.79 Å². The number of benzene rings is 3. The summed E-state index contributed by atoms with van der Waals surface area (Å²) >= 11 is 0. The molecule has 1 aromatic heterocycles. The van der Waals surface area contributed by atoms with E-state index in [4.69, 9.17) is 10.1 Å². The number of rotatable bonds is 3. The van der Waals surface area contributed by atoms with Crippen molar-refractivity contribution in [3.05, 3.63) is 101 Å². The first-order chi connectivity index (χ1) is 15.5. The Kier molecular flexibility index (Phi) is 5.06. The molecule has 0 bridgehead atoms. The SMILES string of the molecule is CC(=O)N1N=C(c2c(C)nc3ccccc3c2-c2ccccc2)C[C@H]1c1cccc(C)c1. The van der Waals surface area contributed by atoms with Crippen LogP contribution in [-0.4, -0.2) is 21.6 Å². The summed E-state index contributed by atoms with van der Waals surface area (Å²) in [6.45, 7) is 5.69. The standard InChI is InChI=1S/C28H25N3O/c1-18-10-9-13-22(16-18)26-17-25(30-31(26)20(3)32)27-19(2)29-24-15-8-7-14-23(24)28(27)21-11-5-4-6-12-21/h4-16,26H,17H2,1-3H3/t26-/m0/s1. The van der Waals surface area contributed by atoms with E-state index in [0.29, 0.717) is 6.42 Å². The van der Waals surface area contributed by atoms with Gasteiger partial charge in [-0.1, -0.05) is 78.4 Å². The van der Waals surface area contributed by atoms with E-state index in [1.54, 1.807) is 11.9 Å². The molecule has 32 heavy (non-hydrogen) atoms. The van der Waals surface area contributed by atoms with Crippen LogP contribution in [0.2, 0.25) is 0 Å². The van der Waals surface area contributed by atoms with Crippen molar-refractivity contribution >= 4 is 22.5 Å². The number of fused-ring (bicyclic) bond motifs is 1. The molecule has 3 aromatic carbocycles. The van der Waals surface area contributed by atoms with Crippen LogP contribution in [0.4, 0.5) is 0 Å². The summed E-state index contributed by atoms with van der Waals surface area (Å²) in [5, 5.41) is 7.58. The third-order valence-electron chi connectivity index (χ3n) is 6.08. The number of para-hydroxylation sites is 1. The molecule has 0 saturated heterocycles. The van der Waals surface area contributed by atoms with Gasteiger partial charge in [0.25, 0.3) is 0 Å². The number of nitrogens with zero attached hydrogens (tertiary/aromatic N) is 3. The van der Waals surface area contributed by atoms with Crippen LogP contribution in [0, 0.1) is 13.8 Å². The van der Waals surface area contributed by atoms with E-state index in [-0.39, 0.29) is 11.9 Å². The van der Waals surface area contributed by atoms with Gasteiger partial charge in [-0.15, -0.1) is 0 Å². The summed E-state index contributed by atoms with van der Waals surface area (Å²) < 4.78 is 0. The van der Waals surface area contributed by atoms with Crippen molar-refractivity contribution in [2.24, 2.45) is 5.10 Å². The summed E-state index contributed by atoms with van der Waals surface area (Å²) in [5.74, 6) is -0.0563. The fourth-order valence-electron chi connectivity index (χ4n) is 4.68. The lowest BCUT2D eigenvalue weighted by Gasteiger charge is -2.20. The highest BCUT2D eigenvalue weighted by molar-refractivity contribution is 6.13. The molecule has 0 N–H and O–H groups in total. The average Bonchev–Trinajstić information content (AvgIpc) is 3.24. The number of aryl methyl sites for hydroxylation is 2. The van der Waals surface area contributed by atoms with E-state index in [1.807, 2.05) is 37.3 Å². The van der Waals surface area contributed by atoms with Crippen molar-refractivity contribution in [2.45, 2.75) is 33.2 Å². The minimum atomic E-state index is -0.114. The zero-order valence-electron chi connectivity index (χ0n) is 18.5. The monoisotopic (exact) mass is 419 g/mol. The number of hydrazone groups is 1. The fourth-order valence-corrected chi connectivity index (χ4v) is 4.68. The second-order valence-corrected chi connectivity index (χ2v) is 8.37. The van der Waals surface area contributed by atoms with E-state index < -0.39 is 0 Å². The molecule has 0 aliphatic carbocycles. The van der Waals surface area contributed by atoms with Crippen LogP contribution in [0.25, 0.3) is 22.0 Å². The zero-order valence-corrected chi connectivity index (χ0v) is 18.5. The minimum absolute atomic E-state index is 0.0563. The maximum atomic E-state index is 12.5. The van der Waals surface area contributed by atoms with Crippen LogP contribution in [-0.2, 0) is 4.79 Å². The van der Waals surface area contributed by atoms with E-state index >= 15 is 0 Å². The smallest absolute Gasteiger partial charge is 0.240 e. The first-order valence-electron chi connectivity index (χ1n) is 10.9. The van der Waals surface area contributed by atoms with Gasteiger partial charge in [-0.25, -0.2) is 5.01 Å². The molecule has 1 aliphatic heterocycles. The van der Waals surface area contributed by atoms with E-state index in [1.165, 1.54) is 5.56 Å². The number of aromatic nitrogens is 1. The topological polar surface area (TPSA) is 45.6 Å². The van der Waals surface area contributed by atoms with Crippen LogP contribution >= 0.6 is 0 Å². The lowest BCUT2D eigenvalue weighted by molar-refractivity contribution is -0.130. The second-order valence-electron chi connectivity index (χ2n) is 8.37. The van der Waals surface area contributed by atoms with Gasteiger partial charge in [0, 0.05) is 35.6 Å². The molecule has 0 spiro atoms. The van der Waals surface area contributed by atoms with Gasteiger partial charge in [0.05, 0.1) is 17.3 Å². The normalized spacial score (nSPS) is 15.8. The van der Waals surface area contributed by atoms with Gasteiger partial charge in [0.15, 0.2) is 0 Å². The number of carbonyl (C=O) groups is 1. The average molecular weight is 420 g/mol. The number of amides is 1. The Morgan fingerprint density at radius 2 is 1.66 bits per heavy atom. The molecule has 0 saturated carbocycles. The van der Waals surface area contributed by atoms with Gasteiger partial charge in [0.2, 0.25) is 5.91 Å². The molecule has 1 aliphatic rings. The first kappa shape index (κ1) is 20.1. The molecule has 1 atom stereocenters. The molecule has 2 heterocycles. The summed E-state index contributed by atoms with van der Waals surface area (Å²) in [7, 11) is 0. The third kappa shape index (κ3) is 3.48. The second kappa shape index (κ2) is 8.04. The van der Waals surface area contributed by atoms with Crippen molar-refractivity contribution in [2.75, 3.05) is 0 Å². The Balaban J connectivity index is 1.72. The first-order valence-corrected chi connectivity index (χ1v) is 10.9. The lowest BCUT2D eigenvalue weighted by atomic mass is 9.89. The van der Waals surface area contributed by atoms with Crippen molar-refractivity contribution in [1.29, 1.82) is 0 Å². The van der Waals surface area contributed by atoms with E-state index in [0.717, 1.165) is 44.6 Å². The largest absolute Gasteiger partial charge is 0.273 e. The molecule has 0 fully saturated rings. The van der Waals surface area contributed by atoms with E-state index in [2.05, 4.69) is 55.5 Å². The maximum absolute atomic E-state index is 12.5.